The van der Waals surface area contributed by atoms with Gasteiger partial charge in [0.25, 0.3) is 5.56 Å². The Labute approximate surface area is 164 Å². The summed E-state index contributed by atoms with van der Waals surface area (Å²) in [6.07, 6.45) is 3.37. The summed E-state index contributed by atoms with van der Waals surface area (Å²) < 4.78 is 2.83. The molecule has 142 valence electrons. The van der Waals surface area contributed by atoms with Gasteiger partial charge in [0.05, 0.1) is 12.2 Å². The number of nitrogens with zero attached hydrogens (tertiary/aromatic N) is 4. The molecule has 2 aromatic carbocycles. The average molecular weight is 383 g/mol. The molecule has 0 spiro atoms. The minimum absolute atomic E-state index is 0.275. The van der Waals surface area contributed by atoms with Crippen molar-refractivity contribution in [3.05, 3.63) is 93.4 Å². The van der Waals surface area contributed by atoms with Crippen molar-refractivity contribution >= 4 is 21.8 Å². The number of H-pyrrole nitrogens is 1. The number of aromatic nitrogens is 5. The van der Waals surface area contributed by atoms with Crippen LogP contribution in [0.25, 0.3) is 33.1 Å². The molecular weight excluding hydrogens is 366 g/mol. The van der Waals surface area contributed by atoms with E-state index in [0.29, 0.717) is 17.6 Å². The van der Waals surface area contributed by atoms with Crippen LogP contribution < -0.4 is 11.2 Å². The number of rotatable bonds is 3. The Morgan fingerprint density at radius 2 is 1.83 bits per heavy atom. The van der Waals surface area contributed by atoms with Crippen LogP contribution in [-0.4, -0.2) is 24.3 Å². The molecule has 1 N–H and O–H groups in total. The van der Waals surface area contributed by atoms with Gasteiger partial charge in [-0.05, 0) is 28.5 Å². The number of nitrogens with one attached hydrogen (secondary N) is 1. The van der Waals surface area contributed by atoms with Crippen molar-refractivity contribution < 1.29 is 0 Å². The molecule has 0 fully saturated rings. The van der Waals surface area contributed by atoms with Gasteiger partial charge >= 0.3 is 5.69 Å². The first-order chi connectivity index (χ1) is 14.1. The van der Waals surface area contributed by atoms with Gasteiger partial charge in [0.15, 0.2) is 5.65 Å². The number of aromatic amines is 1. The largest absolute Gasteiger partial charge is 0.329 e. The van der Waals surface area contributed by atoms with Crippen molar-refractivity contribution in [3.8, 4) is 11.3 Å². The van der Waals surface area contributed by atoms with Crippen LogP contribution in [0, 0.1) is 0 Å². The molecule has 29 heavy (non-hydrogen) atoms. The Morgan fingerprint density at radius 3 is 2.66 bits per heavy atom. The first-order valence-electron chi connectivity index (χ1n) is 9.20. The highest BCUT2D eigenvalue weighted by Crippen LogP contribution is 2.27. The van der Waals surface area contributed by atoms with E-state index in [4.69, 9.17) is 0 Å². The Balaban J connectivity index is 1.81. The quantitative estimate of drug-likeness (QED) is 0.519. The molecule has 0 aliphatic heterocycles. The first-order valence-corrected chi connectivity index (χ1v) is 9.20. The third kappa shape index (κ3) is 2.75. The fourth-order valence-corrected chi connectivity index (χ4v) is 3.70. The predicted octanol–water partition coefficient (Wildman–Crippen LogP) is 2.69. The minimum Gasteiger partial charge on any atom is -0.290 e. The van der Waals surface area contributed by atoms with Crippen LogP contribution in [-0.2, 0) is 13.6 Å². The van der Waals surface area contributed by atoms with Crippen molar-refractivity contribution in [3.63, 3.8) is 0 Å². The molecule has 5 rings (SSSR count). The molecule has 7 nitrogen and oxygen atoms in total. The minimum atomic E-state index is -0.491. The Morgan fingerprint density at radius 1 is 1.00 bits per heavy atom. The van der Waals surface area contributed by atoms with Gasteiger partial charge in [0.1, 0.15) is 5.39 Å². The van der Waals surface area contributed by atoms with E-state index in [9.17, 15) is 9.59 Å². The molecule has 0 bridgehead atoms. The fourth-order valence-electron chi connectivity index (χ4n) is 3.70. The number of hydrogen-bond donors (Lipinski definition) is 1. The van der Waals surface area contributed by atoms with E-state index in [1.54, 1.807) is 17.1 Å². The van der Waals surface area contributed by atoms with Gasteiger partial charge in [-0.15, -0.1) is 0 Å². The standard InChI is InChI=1S/C22H17N5O2/c1-26-21(28)18-19(15-9-5-11-23-12-15)27(25-20(18)24-22(26)29)13-16-8-4-7-14-6-2-3-10-17(14)16/h2-12H,13H2,1H3,(H,24,25,29). The van der Waals surface area contributed by atoms with Crippen LogP contribution in [0.4, 0.5) is 0 Å². The van der Waals surface area contributed by atoms with Crippen molar-refractivity contribution in [1.82, 2.24) is 24.3 Å². The zero-order valence-electron chi connectivity index (χ0n) is 15.7. The molecule has 0 saturated heterocycles. The number of pyridine rings is 1. The molecule has 0 atom stereocenters. The van der Waals surface area contributed by atoms with E-state index in [0.717, 1.165) is 26.5 Å². The highest BCUT2D eigenvalue weighted by molar-refractivity contribution is 5.91. The van der Waals surface area contributed by atoms with Crippen LogP contribution in [0.2, 0.25) is 0 Å². The molecule has 3 heterocycles. The summed E-state index contributed by atoms with van der Waals surface area (Å²) in [5.74, 6) is 0. The maximum atomic E-state index is 12.9. The second-order valence-electron chi connectivity index (χ2n) is 6.90. The Bertz CT molecular complexity index is 1470. The van der Waals surface area contributed by atoms with Crippen molar-refractivity contribution in [1.29, 1.82) is 0 Å². The average Bonchev–Trinajstić information content (AvgIpc) is 3.11. The molecule has 0 unspecified atom stereocenters. The molecule has 7 heteroatoms. The number of benzene rings is 2. The molecular formula is C22H17N5O2. The van der Waals surface area contributed by atoms with Gasteiger partial charge in [0, 0.05) is 25.0 Å². The number of hydrogen-bond acceptors (Lipinski definition) is 4. The summed E-state index contributed by atoms with van der Waals surface area (Å²) >= 11 is 0. The predicted molar refractivity (Wildman–Crippen MR) is 112 cm³/mol. The maximum Gasteiger partial charge on any atom is 0.329 e. The van der Waals surface area contributed by atoms with Crippen LogP contribution in [0.3, 0.4) is 0 Å². The summed E-state index contributed by atoms with van der Waals surface area (Å²) in [4.78, 5) is 31.9. The van der Waals surface area contributed by atoms with Gasteiger partial charge < -0.3 is 0 Å². The van der Waals surface area contributed by atoms with Gasteiger partial charge in [-0.25, -0.2) is 4.79 Å². The van der Waals surface area contributed by atoms with Crippen LogP contribution >= 0.6 is 0 Å². The van der Waals surface area contributed by atoms with E-state index in [1.807, 2.05) is 36.4 Å². The lowest BCUT2D eigenvalue weighted by molar-refractivity contribution is 0.702. The van der Waals surface area contributed by atoms with E-state index < -0.39 is 5.69 Å². The van der Waals surface area contributed by atoms with Gasteiger partial charge in [-0.2, -0.15) is 5.10 Å². The van der Waals surface area contributed by atoms with Crippen LogP contribution in [0.1, 0.15) is 5.56 Å². The van der Waals surface area contributed by atoms with E-state index >= 15 is 0 Å². The third-order valence-electron chi connectivity index (χ3n) is 5.14. The highest BCUT2D eigenvalue weighted by Gasteiger charge is 2.19. The molecule has 0 amide bonds. The molecule has 0 aliphatic rings. The third-order valence-corrected chi connectivity index (χ3v) is 5.14. The van der Waals surface area contributed by atoms with E-state index in [1.165, 1.54) is 7.05 Å². The summed E-state index contributed by atoms with van der Waals surface area (Å²) in [5.41, 5.74) is 1.87. The zero-order valence-corrected chi connectivity index (χ0v) is 15.7. The van der Waals surface area contributed by atoms with Crippen molar-refractivity contribution in [2.24, 2.45) is 7.05 Å². The lowest BCUT2D eigenvalue weighted by atomic mass is 10.0. The first kappa shape index (κ1) is 17.1. The highest BCUT2D eigenvalue weighted by atomic mass is 16.2. The van der Waals surface area contributed by atoms with Crippen molar-refractivity contribution in [2.45, 2.75) is 6.54 Å². The molecule has 0 radical (unpaired) electrons. The molecule has 5 aromatic rings. The summed E-state index contributed by atoms with van der Waals surface area (Å²) in [6, 6.07) is 17.9. The summed E-state index contributed by atoms with van der Waals surface area (Å²) in [6.45, 7) is 0.450. The lowest BCUT2D eigenvalue weighted by Crippen LogP contribution is -2.32. The van der Waals surface area contributed by atoms with Crippen LogP contribution in [0.5, 0.6) is 0 Å². The lowest BCUT2D eigenvalue weighted by Gasteiger charge is -2.10. The second-order valence-corrected chi connectivity index (χ2v) is 6.90. The maximum absolute atomic E-state index is 12.9. The molecule has 3 aromatic heterocycles. The topological polar surface area (TPSA) is 85.6 Å². The van der Waals surface area contributed by atoms with Gasteiger partial charge in [0.2, 0.25) is 0 Å². The van der Waals surface area contributed by atoms with E-state index in [2.05, 4.69) is 33.3 Å². The number of fused-ring (bicyclic) bond motifs is 2. The summed E-state index contributed by atoms with van der Waals surface area (Å²) in [7, 11) is 1.45. The van der Waals surface area contributed by atoms with Gasteiger partial charge in [-0.1, -0.05) is 42.5 Å². The van der Waals surface area contributed by atoms with Crippen LogP contribution in [0.15, 0.2) is 76.6 Å². The SMILES string of the molecule is Cn1c(=O)[nH]c2nn(Cc3cccc4ccccc34)c(-c3cccnc3)c2c1=O. The monoisotopic (exact) mass is 383 g/mol. The van der Waals surface area contributed by atoms with Crippen molar-refractivity contribution in [2.75, 3.05) is 0 Å². The van der Waals surface area contributed by atoms with E-state index in [-0.39, 0.29) is 11.2 Å². The smallest absolute Gasteiger partial charge is 0.290 e. The zero-order chi connectivity index (χ0) is 20.0. The summed E-state index contributed by atoms with van der Waals surface area (Å²) in [5, 5.41) is 7.20. The fraction of sp³-hybridized carbons (Fsp3) is 0.0909. The normalized spacial score (nSPS) is 11.3. The van der Waals surface area contributed by atoms with Gasteiger partial charge in [-0.3, -0.25) is 24.0 Å². The molecule has 0 aliphatic carbocycles. The Hall–Kier alpha value is -4.00. The Kier molecular flexibility index (Phi) is 3.87. The molecule has 0 saturated carbocycles. The second kappa shape index (κ2) is 6.56.